The monoisotopic (exact) mass is 553 g/mol. The normalized spacial score (nSPS) is 9.85. The van der Waals surface area contributed by atoms with Crippen LogP contribution in [0, 0.1) is 0 Å². The molecule has 202 valence electrons. The van der Waals surface area contributed by atoms with Crippen molar-refractivity contribution < 1.29 is 51.4 Å². The Hall–Kier alpha value is 0.233. The number of aliphatic hydroxyl groups is 3. The van der Waals surface area contributed by atoms with Crippen LogP contribution in [0.5, 0.6) is 0 Å². The van der Waals surface area contributed by atoms with Crippen LogP contribution in [0.15, 0.2) is 0 Å². The van der Waals surface area contributed by atoms with E-state index >= 15 is 0 Å². The van der Waals surface area contributed by atoms with Crippen molar-refractivity contribution in [1.29, 1.82) is 0 Å². The average Bonchev–Trinajstić information content (AvgIpc) is 2.63. The molecule has 0 spiro atoms. The van der Waals surface area contributed by atoms with E-state index in [1.54, 1.807) is 41.5 Å². The molecule has 5 nitrogen and oxygen atoms in total. The Labute approximate surface area is 226 Å². The molecule has 0 aliphatic rings. The molecule has 0 aromatic carbocycles. The van der Waals surface area contributed by atoms with Crippen LogP contribution in [-0.2, 0) is 31.0 Å². The standard InChI is InChI=1S/C18H36O2.3C3H8O.Zr/c1-2-3-4-5-6-7-8-9-10-11-12-13-14-15-16-17-18(19)20;3*1-3(2)4;/h2-17H2,1H3,(H,19,20);3*3-4H,1-2H3;/p-1. The molecule has 0 atom stereocenters. The van der Waals surface area contributed by atoms with Crippen LogP contribution >= 0.6 is 0 Å². The summed E-state index contributed by atoms with van der Waals surface area (Å²) in [7, 11) is 0. The van der Waals surface area contributed by atoms with Gasteiger partial charge in [-0.05, 0) is 54.4 Å². The van der Waals surface area contributed by atoms with Crippen molar-refractivity contribution in [3.8, 4) is 0 Å². The van der Waals surface area contributed by atoms with Gasteiger partial charge in [-0.2, -0.15) is 0 Å². The quantitative estimate of drug-likeness (QED) is 0.198. The van der Waals surface area contributed by atoms with E-state index in [-0.39, 0.29) is 50.9 Å². The number of carboxylic acid groups (broad SMARTS) is 1. The first-order valence-electron chi connectivity index (χ1n) is 13.2. The molecule has 0 amide bonds. The fraction of sp³-hybridized carbons (Fsp3) is 0.963. The summed E-state index contributed by atoms with van der Waals surface area (Å²) in [5, 5.41) is 34.4. The molecule has 0 aliphatic carbocycles. The van der Waals surface area contributed by atoms with Crippen LogP contribution in [-0.4, -0.2) is 39.6 Å². The van der Waals surface area contributed by atoms with E-state index in [9.17, 15) is 9.90 Å². The molecule has 0 unspecified atom stereocenters. The largest absolute Gasteiger partial charge is 0.550 e. The molecule has 0 heterocycles. The van der Waals surface area contributed by atoms with Crippen molar-refractivity contribution in [1.82, 2.24) is 0 Å². The molecule has 0 bridgehead atoms. The average molecular weight is 555 g/mol. The number of rotatable bonds is 16. The second kappa shape index (κ2) is 39.4. The van der Waals surface area contributed by atoms with Crippen LogP contribution in [0.3, 0.4) is 0 Å². The molecule has 0 rings (SSSR count). The van der Waals surface area contributed by atoms with Gasteiger partial charge in [0.25, 0.3) is 0 Å². The first-order chi connectivity index (χ1) is 15.0. The van der Waals surface area contributed by atoms with Gasteiger partial charge in [0.15, 0.2) is 0 Å². The second-order valence-corrected chi connectivity index (χ2v) is 9.35. The van der Waals surface area contributed by atoms with Gasteiger partial charge in [0, 0.05) is 50.5 Å². The SMILES string of the molecule is CC(C)O.CC(C)O.CC(C)O.CCCCCCCCCCCCCCCCCC(=O)[O-].[Zr]. The third kappa shape index (κ3) is 99.2. The van der Waals surface area contributed by atoms with E-state index in [1.165, 1.54) is 83.5 Å². The van der Waals surface area contributed by atoms with Gasteiger partial charge in [0.05, 0.1) is 0 Å². The fourth-order valence-corrected chi connectivity index (χ4v) is 2.64. The minimum absolute atomic E-state index is 0. The summed E-state index contributed by atoms with van der Waals surface area (Å²) >= 11 is 0. The van der Waals surface area contributed by atoms with E-state index in [4.69, 9.17) is 15.3 Å². The van der Waals surface area contributed by atoms with Crippen LogP contribution < -0.4 is 5.11 Å². The Morgan fingerprint density at radius 3 is 0.909 bits per heavy atom. The number of hydrogen-bond donors (Lipinski definition) is 3. The molecular formula is C27H59O5Zr-. The van der Waals surface area contributed by atoms with E-state index in [0.717, 1.165) is 12.8 Å². The van der Waals surface area contributed by atoms with Crippen LogP contribution in [0.1, 0.15) is 151 Å². The summed E-state index contributed by atoms with van der Waals surface area (Å²) in [6.07, 6.45) is 19.4. The summed E-state index contributed by atoms with van der Waals surface area (Å²) in [5.41, 5.74) is 0. The Morgan fingerprint density at radius 2 is 0.727 bits per heavy atom. The number of unbranched alkanes of at least 4 members (excludes halogenated alkanes) is 14. The summed E-state index contributed by atoms with van der Waals surface area (Å²) in [6.45, 7) is 12.6. The summed E-state index contributed by atoms with van der Waals surface area (Å²) < 4.78 is 0. The Bertz CT molecular complexity index is 301. The number of carboxylic acids is 1. The molecule has 0 fully saturated rings. The third-order valence-corrected chi connectivity index (χ3v) is 3.98. The van der Waals surface area contributed by atoms with Crippen molar-refractivity contribution in [3.63, 3.8) is 0 Å². The Morgan fingerprint density at radius 1 is 0.545 bits per heavy atom. The minimum atomic E-state index is -0.903. The molecule has 0 saturated heterocycles. The van der Waals surface area contributed by atoms with Gasteiger partial charge in [-0.15, -0.1) is 0 Å². The molecule has 0 aromatic rings. The molecular weight excluding hydrogens is 496 g/mol. The molecule has 0 radical (unpaired) electrons. The first-order valence-corrected chi connectivity index (χ1v) is 13.2. The number of hydrogen-bond acceptors (Lipinski definition) is 5. The first kappa shape index (κ1) is 43.3. The second-order valence-electron chi connectivity index (χ2n) is 9.35. The maximum Gasteiger partial charge on any atom is 0.0483 e. The summed E-state index contributed by atoms with van der Waals surface area (Å²) in [6, 6.07) is 0. The Balaban J connectivity index is -0.000000165. The third-order valence-electron chi connectivity index (χ3n) is 3.98. The molecule has 33 heavy (non-hydrogen) atoms. The van der Waals surface area contributed by atoms with Crippen LogP contribution in [0.4, 0.5) is 0 Å². The molecule has 0 aliphatic heterocycles. The van der Waals surface area contributed by atoms with E-state index < -0.39 is 5.97 Å². The van der Waals surface area contributed by atoms with Crippen molar-refractivity contribution in [2.75, 3.05) is 0 Å². The smallest absolute Gasteiger partial charge is 0.0483 e. The maximum atomic E-state index is 10.2. The fourth-order valence-electron chi connectivity index (χ4n) is 2.64. The molecule has 0 aromatic heterocycles. The van der Waals surface area contributed by atoms with Crippen molar-refractivity contribution >= 4 is 5.97 Å². The van der Waals surface area contributed by atoms with Crippen molar-refractivity contribution in [2.24, 2.45) is 0 Å². The minimum Gasteiger partial charge on any atom is -0.550 e. The van der Waals surface area contributed by atoms with Gasteiger partial charge in [0.2, 0.25) is 0 Å². The zero-order valence-electron chi connectivity index (χ0n) is 23.2. The van der Waals surface area contributed by atoms with Gasteiger partial charge < -0.3 is 25.2 Å². The van der Waals surface area contributed by atoms with E-state index in [0.29, 0.717) is 0 Å². The molecule has 3 N–H and O–H groups in total. The van der Waals surface area contributed by atoms with Gasteiger partial charge in [-0.1, -0.05) is 96.8 Å². The van der Waals surface area contributed by atoms with E-state index in [2.05, 4.69) is 6.92 Å². The number of aliphatic carboxylic acids is 1. The predicted octanol–water partition coefficient (Wildman–Crippen LogP) is 6.16. The molecule has 6 heteroatoms. The van der Waals surface area contributed by atoms with Gasteiger partial charge in [-0.3, -0.25) is 0 Å². The maximum absolute atomic E-state index is 10.2. The number of aliphatic hydroxyl groups excluding tert-OH is 3. The van der Waals surface area contributed by atoms with Crippen molar-refractivity contribution in [2.45, 2.75) is 170 Å². The Kier molecular flexibility index (Phi) is 51.8. The topological polar surface area (TPSA) is 101 Å². The van der Waals surface area contributed by atoms with Gasteiger partial charge in [-0.25, -0.2) is 0 Å². The van der Waals surface area contributed by atoms with Gasteiger partial charge in [0.1, 0.15) is 0 Å². The summed E-state index contributed by atoms with van der Waals surface area (Å²) in [5.74, 6) is -0.903. The summed E-state index contributed by atoms with van der Waals surface area (Å²) in [4.78, 5) is 10.2. The zero-order chi connectivity index (χ0) is 25.6. The van der Waals surface area contributed by atoms with Crippen LogP contribution in [0.25, 0.3) is 0 Å². The van der Waals surface area contributed by atoms with Gasteiger partial charge >= 0.3 is 0 Å². The number of carbonyl (C=O) groups is 1. The predicted molar refractivity (Wildman–Crippen MR) is 137 cm³/mol. The van der Waals surface area contributed by atoms with E-state index in [1.807, 2.05) is 0 Å². The zero-order valence-corrected chi connectivity index (χ0v) is 25.7. The number of carbonyl (C=O) groups excluding carboxylic acids is 1. The van der Waals surface area contributed by atoms with Crippen LogP contribution in [0.2, 0.25) is 0 Å². The van der Waals surface area contributed by atoms with Crippen molar-refractivity contribution in [3.05, 3.63) is 0 Å². The molecule has 0 saturated carbocycles.